The maximum atomic E-state index is 12.9. The van der Waals surface area contributed by atoms with Gasteiger partial charge in [0.05, 0.1) is 5.92 Å². The SMILES string of the molecule is C#C[C@H](c1ccc(Cl)cc1)C1c2ccccc2C(=O)c2ccccc21. The molecule has 1 aliphatic rings. The van der Waals surface area contributed by atoms with Gasteiger partial charge in [-0.2, -0.15) is 0 Å². The summed E-state index contributed by atoms with van der Waals surface area (Å²) in [6.07, 6.45) is 5.95. The van der Waals surface area contributed by atoms with Gasteiger partial charge in [-0.3, -0.25) is 4.79 Å². The fraction of sp³-hybridized carbons (Fsp3) is 0.0870. The van der Waals surface area contributed by atoms with Gasteiger partial charge in [-0.05, 0) is 28.8 Å². The summed E-state index contributed by atoms with van der Waals surface area (Å²) in [6, 6.07) is 23.1. The van der Waals surface area contributed by atoms with Crippen molar-refractivity contribution >= 4 is 17.4 Å². The van der Waals surface area contributed by atoms with E-state index in [2.05, 4.69) is 5.92 Å². The Bertz CT molecular complexity index is 946. The van der Waals surface area contributed by atoms with Gasteiger partial charge in [-0.15, -0.1) is 6.42 Å². The summed E-state index contributed by atoms with van der Waals surface area (Å²) in [5, 5.41) is 0.680. The Morgan fingerprint density at radius 2 is 1.36 bits per heavy atom. The Morgan fingerprint density at radius 3 is 1.88 bits per heavy atom. The topological polar surface area (TPSA) is 17.1 Å². The number of halogens is 1. The number of carbonyl (C=O) groups excluding carboxylic acids is 1. The van der Waals surface area contributed by atoms with E-state index in [1.807, 2.05) is 72.8 Å². The molecule has 0 fully saturated rings. The van der Waals surface area contributed by atoms with Gasteiger partial charge in [0, 0.05) is 22.1 Å². The maximum Gasteiger partial charge on any atom is 0.193 e. The number of ketones is 1. The lowest BCUT2D eigenvalue weighted by Gasteiger charge is -2.31. The van der Waals surface area contributed by atoms with Crippen molar-refractivity contribution in [3.05, 3.63) is 106 Å². The normalized spacial score (nSPS) is 14.3. The highest BCUT2D eigenvalue weighted by Crippen LogP contribution is 2.44. The molecule has 1 atom stereocenters. The van der Waals surface area contributed by atoms with E-state index in [9.17, 15) is 4.79 Å². The molecule has 25 heavy (non-hydrogen) atoms. The summed E-state index contributed by atoms with van der Waals surface area (Å²) in [7, 11) is 0. The van der Waals surface area contributed by atoms with Crippen LogP contribution in [-0.4, -0.2) is 5.78 Å². The zero-order valence-corrected chi connectivity index (χ0v) is 14.2. The van der Waals surface area contributed by atoms with Crippen molar-refractivity contribution in [2.75, 3.05) is 0 Å². The van der Waals surface area contributed by atoms with Crippen LogP contribution in [0.3, 0.4) is 0 Å². The minimum Gasteiger partial charge on any atom is -0.289 e. The third kappa shape index (κ3) is 2.56. The van der Waals surface area contributed by atoms with Gasteiger partial charge in [0.25, 0.3) is 0 Å². The predicted octanol–water partition coefficient (Wildman–Crippen LogP) is 5.43. The van der Waals surface area contributed by atoms with Crippen molar-refractivity contribution in [2.45, 2.75) is 11.8 Å². The van der Waals surface area contributed by atoms with Crippen LogP contribution in [0, 0.1) is 12.3 Å². The van der Waals surface area contributed by atoms with E-state index in [0.29, 0.717) is 5.02 Å². The van der Waals surface area contributed by atoms with E-state index < -0.39 is 0 Å². The van der Waals surface area contributed by atoms with E-state index in [1.54, 1.807) is 0 Å². The molecule has 0 radical (unpaired) electrons. The standard InChI is InChI=1S/C23H15ClO/c1-2-17(15-11-13-16(24)14-12-15)22-18-7-3-5-9-20(18)23(25)21-10-6-4-8-19(21)22/h1,3-14,17,22H/t17-/m1/s1. The van der Waals surface area contributed by atoms with E-state index in [-0.39, 0.29) is 17.6 Å². The van der Waals surface area contributed by atoms with Crippen LogP contribution in [-0.2, 0) is 0 Å². The molecule has 0 spiro atoms. The lowest BCUT2D eigenvalue weighted by Crippen LogP contribution is -2.23. The van der Waals surface area contributed by atoms with Crippen LogP contribution in [0.5, 0.6) is 0 Å². The first-order chi connectivity index (χ1) is 12.2. The molecule has 0 amide bonds. The molecule has 0 bridgehead atoms. The molecule has 0 aromatic heterocycles. The van der Waals surface area contributed by atoms with Gasteiger partial charge in [0.15, 0.2) is 5.78 Å². The Morgan fingerprint density at radius 1 is 0.840 bits per heavy atom. The molecule has 3 aromatic rings. The second-order valence-electron chi connectivity index (χ2n) is 6.18. The van der Waals surface area contributed by atoms with E-state index in [0.717, 1.165) is 27.8 Å². The largest absolute Gasteiger partial charge is 0.289 e. The molecule has 0 saturated heterocycles. The number of fused-ring (bicyclic) bond motifs is 2. The molecule has 2 heteroatoms. The highest BCUT2D eigenvalue weighted by Gasteiger charge is 2.35. The monoisotopic (exact) mass is 342 g/mol. The zero-order valence-electron chi connectivity index (χ0n) is 13.4. The quantitative estimate of drug-likeness (QED) is 0.567. The van der Waals surface area contributed by atoms with Crippen LogP contribution in [0.15, 0.2) is 72.8 Å². The molecule has 0 saturated carbocycles. The summed E-state index contributed by atoms with van der Waals surface area (Å²) >= 11 is 6.03. The van der Waals surface area contributed by atoms with Crippen molar-refractivity contribution in [3.63, 3.8) is 0 Å². The van der Waals surface area contributed by atoms with Crippen molar-refractivity contribution < 1.29 is 4.79 Å². The van der Waals surface area contributed by atoms with Gasteiger partial charge in [-0.1, -0.05) is 78.2 Å². The molecule has 3 aromatic carbocycles. The van der Waals surface area contributed by atoms with Crippen LogP contribution in [0.4, 0.5) is 0 Å². The number of hydrogen-bond donors (Lipinski definition) is 0. The van der Waals surface area contributed by atoms with E-state index >= 15 is 0 Å². The van der Waals surface area contributed by atoms with Gasteiger partial charge in [0.1, 0.15) is 0 Å². The molecule has 120 valence electrons. The van der Waals surface area contributed by atoms with Crippen LogP contribution in [0.1, 0.15) is 44.4 Å². The number of carbonyl (C=O) groups is 1. The third-order valence-corrected chi connectivity index (χ3v) is 5.07. The maximum absolute atomic E-state index is 12.9. The van der Waals surface area contributed by atoms with E-state index in [1.165, 1.54) is 0 Å². The number of rotatable bonds is 2. The highest BCUT2D eigenvalue weighted by atomic mass is 35.5. The highest BCUT2D eigenvalue weighted by molar-refractivity contribution is 6.30. The van der Waals surface area contributed by atoms with Gasteiger partial charge < -0.3 is 0 Å². The van der Waals surface area contributed by atoms with Crippen LogP contribution < -0.4 is 0 Å². The van der Waals surface area contributed by atoms with Crippen molar-refractivity contribution in [2.24, 2.45) is 0 Å². The minimum atomic E-state index is -0.173. The number of terminal acetylenes is 1. The smallest absolute Gasteiger partial charge is 0.193 e. The summed E-state index contributed by atoms with van der Waals surface area (Å²) in [6.45, 7) is 0. The average molecular weight is 343 g/mol. The van der Waals surface area contributed by atoms with Crippen LogP contribution in [0.2, 0.25) is 5.02 Å². The van der Waals surface area contributed by atoms with Crippen molar-refractivity contribution in [1.82, 2.24) is 0 Å². The molecular formula is C23H15ClO. The molecule has 4 rings (SSSR count). The first kappa shape index (κ1) is 15.7. The van der Waals surface area contributed by atoms with Crippen molar-refractivity contribution in [1.29, 1.82) is 0 Å². The van der Waals surface area contributed by atoms with E-state index in [4.69, 9.17) is 18.0 Å². The molecule has 0 aliphatic heterocycles. The fourth-order valence-electron chi connectivity index (χ4n) is 3.68. The predicted molar refractivity (Wildman–Crippen MR) is 101 cm³/mol. The molecule has 0 heterocycles. The first-order valence-corrected chi connectivity index (χ1v) is 8.52. The Balaban J connectivity index is 1.95. The Kier molecular flexibility index (Phi) is 3.92. The van der Waals surface area contributed by atoms with Gasteiger partial charge in [0.2, 0.25) is 0 Å². The molecule has 0 N–H and O–H groups in total. The summed E-state index contributed by atoms with van der Waals surface area (Å²) in [5.74, 6) is 2.78. The molecule has 1 aliphatic carbocycles. The molecular weight excluding hydrogens is 328 g/mol. The van der Waals surface area contributed by atoms with Crippen LogP contribution in [0.25, 0.3) is 0 Å². The summed E-state index contributed by atoms with van der Waals surface area (Å²) in [4.78, 5) is 12.9. The lowest BCUT2D eigenvalue weighted by atomic mass is 9.70. The summed E-state index contributed by atoms with van der Waals surface area (Å²) < 4.78 is 0. The fourth-order valence-corrected chi connectivity index (χ4v) is 3.80. The number of benzene rings is 3. The van der Waals surface area contributed by atoms with Gasteiger partial charge in [-0.25, -0.2) is 0 Å². The molecule has 1 nitrogen and oxygen atoms in total. The summed E-state index contributed by atoms with van der Waals surface area (Å²) in [5.41, 5.74) is 4.48. The lowest BCUT2D eigenvalue weighted by molar-refractivity contribution is 0.103. The third-order valence-electron chi connectivity index (χ3n) is 4.82. The second-order valence-corrected chi connectivity index (χ2v) is 6.61. The first-order valence-electron chi connectivity index (χ1n) is 8.15. The average Bonchev–Trinajstić information content (AvgIpc) is 2.66. The van der Waals surface area contributed by atoms with Crippen LogP contribution >= 0.6 is 11.6 Å². The Hall–Kier alpha value is -2.82. The minimum absolute atomic E-state index is 0.0590. The van der Waals surface area contributed by atoms with Crippen molar-refractivity contribution in [3.8, 4) is 12.3 Å². The zero-order chi connectivity index (χ0) is 17.4. The van der Waals surface area contributed by atoms with Gasteiger partial charge >= 0.3 is 0 Å². The second kappa shape index (κ2) is 6.24. The molecule has 0 unspecified atom stereocenters. The number of hydrogen-bond acceptors (Lipinski definition) is 1. The Labute approximate surface area is 152 Å².